The molecule has 0 radical (unpaired) electrons. The second-order valence-corrected chi connectivity index (χ2v) is 9.10. The van der Waals surface area contributed by atoms with Crippen LogP contribution in [0.2, 0.25) is 0 Å². The van der Waals surface area contributed by atoms with Crippen molar-refractivity contribution in [1.82, 2.24) is 0 Å². The molecule has 11 heteroatoms. The zero-order valence-corrected chi connectivity index (χ0v) is 23.8. The molecule has 0 aliphatic carbocycles. The van der Waals surface area contributed by atoms with Gasteiger partial charge in [0, 0.05) is 35.1 Å². The molecule has 0 saturated heterocycles. The summed E-state index contributed by atoms with van der Waals surface area (Å²) in [6, 6.07) is 13.8. The first-order valence-corrected chi connectivity index (χ1v) is 11.0. The molecule has 0 amide bonds. The van der Waals surface area contributed by atoms with Crippen LogP contribution in [0, 0.1) is 107 Å². The van der Waals surface area contributed by atoms with Crippen molar-refractivity contribution in [2.24, 2.45) is 27.5 Å². The fourth-order valence-electron chi connectivity index (χ4n) is 0.719. The van der Waals surface area contributed by atoms with Crippen molar-refractivity contribution in [3.05, 3.63) is 12.7 Å². The summed E-state index contributed by atoms with van der Waals surface area (Å²) in [5.74, 6) is 0.380. The zero-order valence-electron chi connectivity index (χ0n) is 23.8. The van der Waals surface area contributed by atoms with Crippen molar-refractivity contribution < 1.29 is 0 Å². The predicted molar refractivity (Wildman–Crippen MR) is 159 cm³/mol. The van der Waals surface area contributed by atoms with E-state index in [9.17, 15) is 0 Å². The molecule has 0 aliphatic rings. The Morgan fingerprint density at radius 3 is 1.02 bits per heavy atom. The lowest BCUT2D eigenvalue weighted by atomic mass is 9.90. The summed E-state index contributed by atoms with van der Waals surface area (Å²) in [5.41, 5.74) is -2.00. The van der Waals surface area contributed by atoms with Crippen molar-refractivity contribution in [2.75, 3.05) is 0 Å². The van der Waals surface area contributed by atoms with Gasteiger partial charge < -0.3 is 0 Å². The Hall–Kier alpha value is -4.81. The minimum absolute atomic E-state index is 0. The average molecular weight is 554 g/mol. The maximum Gasteiger partial charge on any atom is 0.162 e. The van der Waals surface area contributed by atoms with E-state index in [-0.39, 0.29) is 39.5 Å². The molecule has 0 bridgehead atoms. The van der Waals surface area contributed by atoms with Crippen LogP contribution in [0.1, 0.15) is 104 Å². The minimum Gasteiger partial charge on any atom is -0.198 e. The summed E-state index contributed by atoms with van der Waals surface area (Å²) in [5, 5.41) is 76.6. The normalized spacial score (nSPS) is 8.28. The van der Waals surface area contributed by atoms with Gasteiger partial charge in [-0.15, -0.1) is 0 Å². The molecule has 222 valence electrons. The van der Waals surface area contributed by atoms with Gasteiger partial charge in [0.05, 0.1) is 47.9 Å². The molecule has 0 aliphatic heterocycles. The standard InChI is InChI=1S/C8H12N4.C7H10N2.2C4H7N.C3H3N.3CH4.N2/c1-7(2,5-9)11-12-8(3,4)6-10;1-7(2,6-9)4-3-5-8;2*1-4(2)3-5;1-2-3-4;;;;1-2/h1-4H3;3-4H2,1-2H3;2*4H,1-2H3;2H,1H2;3*1H4;. The van der Waals surface area contributed by atoms with Crippen LogP contribution in [0.25, 0.3) is 0 Å². The van der Waals surface area contributed by atoms with E-state index in [2.05, 4.69) is 22.9 Å². The Morgan fingerprint density at radius 1 is 0.650 bits per heavy atom. The van der Waals surface area contributed by atoms with Crippen LogP contribution < -0.4 is 0 Å². The molecule has 0 atom stereocenters. The quantitative estimate of drug-likeness (QED) is 0.183. The lowest BCUT2D eigenvalue weighted by molar-refractivity contribution is 0.459. The predicted octanol–water partition coefficient (Wildman–Crippen LogP) is 8.85. The van der Waals surface area contributed by atoms with Gasteiger partial charge in [-0.05, 0) is 75.7 Å². The molecule has 0 saturated carbocycles. The third-order valence-corrected chi connectivity index (χ3v) is 2.87. The molecule has 0 heterocycles. The van der Waals surface area contributed by atoms with Crippen molar-refractivity contribution >= 4 is 0 Å². The molecule has 0 aromatic rings. The van der Waals surface area contributed by atoms with Gasteiger partial charge >= 0.3 is 0 Å². The van der Waals surface area contributed by atoms with E-state index in [4.69, 9.17) is 47.6 Å². The Kier molecular flexibility index (Phi) is 58.0. The number of allylic oxidation sites excluding steroid dienone is 1. The number of nitriles is 7. The van der Waals surface area contributed by atoms with Gasteiger partial charge in [-0.1, -0.05) is 28.9 Å². The van der Waals surface area contributed by atoms with E-state index in [1.54, 1.807) is 33.8 Å². The molecule has 0 rings (SSSR count). The van der Waals surface area contributed by atoms with E-state index < -0.39 is 11.1 Å². The Bertz CT molecular complexity index is 891. The molecule has 40 heavy (non-hydrogen) atoms. The average Bonchev–Trinajstić information content (AvgIpc) is 2.88. The summed E-state index contributed by atoms with van der Waals surface area (Å²) in [4.78, 5) is 0. The second-order valence-electron chi connectivity index (χ2n) is 9.10. The van der Waals surface area contributed by atoms with E-state index in [0.717, 1.165) is 0 Å². The highest BCUT2D eigenvalue weighted by Gasteiger charge is 2.19. The maximum absolute atomic E-state index is 8.58. The molecular weight excluding hydrogens is 502 g/mol. The van der Waals surface area contributed by atoms with Crippen LogP contribution in [-0.4, -0.2) is 11.1 Å². The number of hydrogen-bond acceptors (Lipinski definition) is 11. The molecule has 0 fully saturated rings. The molecule has 0 aromatic carbocycles. The van der Waals surface area contributed by atoms with Gasteiger partial charge in [0.2, 0.25) is 0 Å². The molecule has 0 spiro atoms. The van der Waals surface area contributed by atoms with Gasteiger partial charge in [-0.3, -0.25) is 0 Å². The smallest absolute Gasteiger partial charge is 0.162 e. The highest BCUT2D eigenvalue weighted by molar-refractivity contribution is 5.03. The summed E-state index contributed by atoms with van der Waals surface area (Å²) in [7, 11) is 0. The highest BCUT2D eigenvalue weighted by atomic mass is 15.2. The maximum atomic E-state index is 8.58. The number of hydrogen-bond donors (Lipinski definition) is 0. The van der Waals surface area contributed by atoms with Crippen LogP contribution >= 0.6 is 0 Å². The first-order valence-electron chi connectivity index (χ1n) is 11.0. The number of rotatable bonds is 4. The SMILES string of the molecule is C.C.C.C=CC#N.CC(C)(C#N)CCC#N.CC(C)(C#N)N=NC(C)(C)C#N.CC(C)C#N.CC(C)C#N.N#N. The molecular formula is C29H51N11. The summed E-state index contributed by atoms with van der Waals surface area (Å²) >= 11 is 0. The van der Waals surface area contributed by atoms with E-state index >= 15 is 0 Å². The van der Waals surface area contributed by atoms with Crippen LogP contribution in [0.3, 0.4) is 0 Å². The summed E-state index contributed by atoms with van der Waals surface area (Å²) in [6.45, 7) is 20.8. The van der Waals surface area contributed by atoms with Gasteiger partial charge in [-0.25, -0.2) is 0 Å². The Balaban J connectivity index is -0.0000000438. The third kappa shape index (κ3) is 76.6. The largest absolute Gasteiger partial charge is 0.198 e. The number of nitrogens with zero attached hydrogens (tertiary/aromatic N) is 11. The first kappa shape index (κ1) is 60.0. The monoisotopic (exact) mass is 553 g/mol. The topological polar surface area (TPSA) is 239 Å². The van der Waals surface area contributed by atoms with Gasteiger partial charge in [-0.2, -0.15) is 47.1 Å². The van der Waals surface area contributed by atoms with E-state index in [1.165, 1.54) is 6.08 Å². The second kappa shape index (κ2) is 38.7. The summed E-state index contributed by atoms with van der Waals surface area (Å²) in [6.07, 6.45) is 2.32. The van der Waals surface area contributed by atoms with Gasteiger partial charge in [0.25, 0.3) is 0 Å². The first-order chi connectivity index (χ1) is 16.9. The van der Waals surface area contributed by atoms with Crippen molar-refractivity contribution in [3.8, 4) is 42.5 Å². The van der Waals surface area contributed by atoms with Crippen LogP contribution in [-0.2, 0) is 0 Å². The van der Waals surface area contributed by atoms with E-state index in [0.29, 0.717) is 12.8 Å². The zero-order chi connectivity index (χ0) is 31.1. The molecule has 11 nitrogen and oxygen atoms in total. The number of azo groups is 1. The van der Waals surface area contributed by atoms with Crippen LogP contribution in [0.5, 0.6) is 0 Å². The highest BCUT2D eigenvalue weighted by Crippen LogP contribution is 2.19. The van der Waals surface area contributed by atoms with Gasteiger partial charge in [0.15, 0.2) is 11.1 Å². The minimum atomic E-state index is -0.839. The van der Waals surface area contributed by atoms with Crippen molar-refractivity contribution in [3.63, 3.8) is 0 Å². The van der Waals surface area contributed by atoms with Crippen LogP contribution in [0.15, 0.2) is 22.9 Å². The fourth-order valence-corrected chi connectivity index (χ4v) is 0.719. The molecule has 0 aromatic heterocycles. The Labute approximate surface area is 245 Å². The Morgan fingerprint density at radius 2 is 0.900 bits per heavy atom. The lowest BCUT2D eigenvalue weighted by Gasteiger charge is -2.11. The van der Waals surface area contributed by atoms with Gasteiger partial charge in [0.1, 0.15) is 0 Å². The van der Waals surface area contributed by atoms with Crippen LogP contribution in [0.4, 0.5) is 0 Å². The molecule has 0 N–H and O–H groups in total. The fraction of sp³-hybridized carbons (Fsp3) is 0.690. The van der Waals surface area contributed by atoms with Crippen molar-refractivity contribution in [2.45, 2.75) is 115 Å². The van der Waals surface area contributed by atoms with Crippen molar-refractivity contribution in [1.29, 1.82) is 47.6 Å². The lowest BCUT2D eigenvalue weighted by Crippen LogP contribution is -2.17. The third-order valence-electron chi connectivity index (χ3n) is 2.87. The van der Waals surface area contributed by atoms with E-state index in [1.807, 2.05) is 71.9 Å². The summed E-state index contributed by atoms with van der Waals surface area (Å²) < 4.78 is 0. The molecule has 0 unspecified atom stereocenters.